The molecule has 6 heteroatoms. The van der Waals surface area contributed by atoms with Crippen molar-refractivity contribution in [3.8, 4) is 5.75 Å². The lowest BCUT2D eigenvalue weighted by atomic mass is 10.1. The van der Waals surface area contributed by atoms with Gasteiger partial charge in [-0.05, 0) is 6.42 Å². The van der Waals surface area contributed by atoms with E-state index in [1.54, 1.807) is 24.5 Å². The molecule has 0 saturated heterocycles. The number of carbonyl (C=O) groups excluding carboxylic acids is 1. The maximum absolute atomic E-state index is 12.9. The van der Waals surface area contributed by atoms with Gasteiger partial charge in [-0.15, -0.1) is 0 Å². The van der Waals surface area contributed by atoms with Gasteiger partial charge in [-0.1, -0.05) is 37.3 Å². The van der Waals surface area contributed by atoms with E-state index in [-0.39, 0.29) is 11.5 Å². The molecule has 1 aromatic carbocycles. The molecule has 0 atom stereocenters. The van der Waals surface area contributed by atoms with Crippen LogP contribution in [0.2, 0.25) is 0 Å². The molecule has 0 fully saturated rings. The average molecular weight is 321 g/mol. The minimum absolute atomic E-state index is 0.195. The van der Waals surface area contributed by atoms with Gasteiger partial charge in [-0.3, -0.25) is 9.89 Å². The Morgan fingerprint density at radius 2 is 2.04 bits per heavy atom. The molecule has 0 aliphatic heterocycles. The lowest BCUT2D eigenvalue weighted by molar-refractivity contribution is 0.101. The van der Waals surface area contributed by atoms with Gasteiger partial charge in [0.2, 0.25) is 11.5 Å². The maximum atomic E-state index is 12.9. The van der Waals surface area contributed by atoms with E-state index in [9.17, 15) is 4.79 Å². The van der Waals surface area contributed by atoms with Gasteiger partial charge in [0.05, 0.1) is 23.6 Å². The topological polar surface area (TPSA) is 81.0 Å². The normalized spacial score (nSPS) is 11.2. The molecule has 0 radical (unpaired) electrons. The van der Waals surface area contributed by atoms with Gasteiger partial charge in [-0.25, -0.2) is 4.98 Å². The van der Waals surface area contributed by atoms with Crippen molar-refractivity contribution in [2.45, 2.75) is 13.3 Å². The average Bonchev–Trinajstić information content (AvgIpc) is 3.24. The van der Waals surface area contributed by atoms with E-state index in [4.69, 9.17) is 9.15 Å². The first kappa shape index (κ1) is 14.4. The monoisotopic (exact) mass is 321 g/mol. The van der Waals surface area contributed by atoms with Crippen molar-refractivity contribution in [3.05, 3.63) is 54.0 Å². The predicted molar refractivity (Wildman–Crippen MR) is 89.3 cm³/mol. The molecule has 0 saturated carbocycles. The zero-order valence-electron chi connectivity index (χ0n) is 13.1. The zero-order chi connectivity index (χ0) is 16.5. The molecule has 0 unspecified atom stereocenters. The highest BCUT2D eigenvalue weighted by Crippen LogP contribution is 2.37. The number of rotatable bonds is 5. The third-order valence-corrected chi connectivity index (χ3v) is 3.78. The lowest BCUT2D eigenvalue weighted by Gasteiger charge is -2.04. The number of fused-ring (bicyclic) bond motifs is 3. The standard InChI is InChI=1S/C18H15N3O3/c1-2-8-23-16-12-9-19-18-13(10-20-21-18)15(12)24-17(16)14(22)11-6-4-3-5-7-11/h3-7,9-10H,2,8H2,1H3,(H,19,20,21). The second kappa shape index (κ2) is 5.81. The van der Waals surface area contributed by atoms with Gasteiger partial charge < -0.3 is 9.15 Å². The van der Waals surface area contributed by atoms with Crippen LogP contribution in [0.1, 0.15) is 29.5 Å². The second-order valence-electron chi connectivity index (χ2n) is 5.44. The molecule has 4 aromatic rings. The Morgan fingerprint density at radius 1 is 1.21 bits per heavy atom. The molecule has 0 aliphatic rings. The van der Waals surface area contributed by atoms with E-state index in [1.807, 2.05) is 25.1 Å². The fourth-order valence-electron chi connectivity index (χ4n) is 2.64. The predicted octanol–water partition coefficient (Wildman–Crippen LogP) is 3.72. The van der Waals surface area contributed by atoms with Crippen LogP contribution in [0.25, 0.3) is 22.0 Å². The van der Waals surface area contributed by atoms with Crippen LogP contribution >= 0.6 is 0 Å². The van der Waals surface area contributed by atoms with Crippen molar-refractivity contribution >= 4 is 27.8 Å². The molecule has 120 valence electrons. The van der Waals surface area contributed by atoms with Crippen LogP contribution in [0.5, 0.6) is 5.75 Å². The Kier molecular flexibility index (Phi) is 3.49. The van der Waals surface area contributed by atoms with Crippen molar-refractivity contribution in [1.29, 1.82) is 0 Å². The molecule has 0 bridgehead atoms. The van der Waals surface area contributed by atoms with Crippen molar-refractivity contribution in [1.82, 2.24) is 15.2 Å². The Bertz CT molecular complexity index is 1020. The van der Waals surface area contributed by atoms with Crippen LogP contribution in [0.4, 0.5) is 0 Å². The number of nitrogens with one attached hydrogen (secondary N) is 1. The molecular formula is C18H15N3O3. The smallest absolute Gasteiger partial charge is 0.232 e. The van der Waals surface area contributed by atoms with Gasteiger partial charge >= 0.3 is 0 Å². The summed E-state index contributed by atoms with van der Waals surface area (Å²) < 4.78 is 11.7. The van der Waals surface area contributed by atoms with Crippen LogP contribution in [0, 0.1) is 0 Å². The van der Waals surface area contributed by atoms with Crippen molar-refractivity contribution in [2.24, 2.45) is 0 Å². The van der Waals surface area contributed by atoms with Crippen LogP contribution in [-0.2, 0) is 0 Å². The van der Waals surface area contributed by atoms with Gasteiger partial charge in [0.1, 0.15) is 0 Å². The summed E-state index contributed by atoms with van der Waals surface area (Å²) in [5, 5.41) is 8.18. The Balaban J connectivity index is 1.94. The minimum atomic E-state index is -0.213. The van der Waals surface area contributed by atoms with E-state index in [1.165, 1.54) is 0 Å². The summed E-state index contributed by atoms with van der Waals surface area (Å²) in [5.41, 5.74) is 1.71. The van der Waals surface area contributed by atoms with Crippen molar-refractivity contribution in [3.63, 3.8) is 0 Å². The molecule has 24 heavy (non-hydrogen) atoms. The molecule has 4 rings (SSSR count). The summed E-state index contributed by atoms with van der Waals surface area (Å²) in [6, 6.07) is 9.01. The summed E-state index contributed by atoms with van der Waals surface area (Å²) >= 11 is 0. The number of hydrogen-bond donors (Lipinski definition) is 1. The number of hydrogen-bond acceptors (Lipinski definition) is 5. The van der Waals surface area contributed by atoms with Crippen LogP contribution in [0.3, 0.4) is 0 Å². The number of benzene rings is 1. The quantitative estimate of drug-likeness (QED) is 0.567. The molecule has 1 N–H and O–H groups in total. The number of nitrogens with zero attached hydrogens (tertiary/aromatic N) is 2. The number of aromatic amines is 1. The van der Waals surface area contributed by atoms with Gasteiger partial charge in [-0.2, -0.15) is 5.10 Å². The number of carbonyl (C=O) groups is 1. The lowest BCUT2D eigenvalue weighted by Crippen LogP contribution is -2.04. The van der Waals surface area contributed by atoms with E-state index >= 15 is 0 Å². The number of aromatic nitrogens is 3. The van der Waals surface area contributed by atoms with Gasteiger partial charge in [0, 0.05) is 11.8 Å². The van der Waals surface area contributed by atoms with Gasteiger partial charge in [0.25, 0.3) is 0 Å². The molecular weight excluding hydrogens is 306 g/mol. The van der Waals surface area contributed by atoms with E-state index < -0.39 is 0 Å². The largest absolute Gasteiger partial charge is 0.489 e. The number of ether oxygens (including phenoxy) is 1. The Labute approximate surface area is 137 Å². The van der Waals surface area contributed by atoms with Crippen LogP contribution in [0.15, 0.2) is 47.1 Å². The molecule has 0 aliphatic carbocycles. The Hall–Kier alpha value is -3.15. The highest BCUT2D eigenvalue weighted by Gasteiger charge is 2.25. The highest BCUT2D eigenvalue weighted by atomic mass is 16.5. The highest BCUT2D eigenvalue weighted by molar-refractivity contribution is 6.14. The third kappa shape index (κ3) is 2.23. The summed E-state index contributed by atoms with van der Waals surface area (Å²) in [5.74, 6) is 0.422. The summed E-state index contributed by atoms with van der Waals surface area (Å²) in [4.78, 5) is 17.2. The fourth-order valence-corrected chi connectivity index (χ4v) is 2.64. The van der Waals surface area contributed by atoms with Crippen molar-refractivity contribution in [2.75, 3.05) is 6.61 Å². The van der Waals surface area contributed by atoms with Crippen molar-refractivity contribution < 1.29 is 13.9 Å². The summed E-state index contributed by atoms with van der Waals surface area (Å²) in [6.07, 6.45) is 4.10. The minimum Gasteiger partial charge on any atom is -0.489 e. The van der Waals surface area contributed by atoms with E-state index in [0.717, 1.165) is 11.8 Å². The second-order valence-corrected chi connectivity index (χ2v) is 5.44. The van der Waals surface area contributed by atoms with E-state index in [0.29, 0.717) is 34.5 Å². The summed E-state index contributed by atoms with van der Waals surface area (Å²) in [7, 11) is 0. The third-order valence-electron chi connectivity index (χ3n) is 3.78. The van der Waals surface area contributed by atoms with E-state index in [2.05, 4.69) is 15.2 Å². The maximum Gasteiger partial charge on any atom is 0.232 e. The van der Waals surface area contributed by atoms with Crippen LogP contribution in [-0.4, -0.2) is 27.6 Å². The number of furan rings is 1. The first-order valence-electron chi connectivity index (χ1n) is 7.76. The molecule has 3 aromatic heterocycles. The first-order valence-corrected chi connectivity index (χ1v) is 7.76. The molecule has 3 heterocycles. The Morgan fingerprint density at radius 3 is 2.83 bits per heavy atom. The zero-order valence-corrected chi connectivity index (χ0v) is 13.1. The summed E-state index contributed by atoms with van der Waals surface area (Å²) in [6.45, 7) is 2.50. The fraction of sp³-hybridized carbons (Fsp3) is 0.167. The molecule has 0 amide bonds. The molecule has 6 nitrogen and oxygen atoms in total. The van der Waals surface area contributed by atoms with Crippen LogP contribution < -0.4 is 4.74 Å². The van der Waals surface area contributed by atoms with Gasteiger partial charge in [0.15, 0.2) is 17.0 Å². The molecule has 0 spiro atoms. The number of H-pyrrole nitrogens is 1. The SMILES string of the molecule is CCCOc1c(C(=O)c2ccccc2)oc2c1cnc1[nH]ncc12. The number of ketones is 1. The number of pyridine rings is 1. The first-order chi connectivity index (χ1) is 11.8.